The number of benzene rings is 11. The first-order valence-corrected chi connectivity index (χ1v) is 22.5. The minimum Gasteiger partial charge on any atom is -0.248 e. The Morgan fingerprint density at radius 1 is 0.262 bits per heavy atom. The Labute approximate surface area is 378 Å². The van der Waals surface area contributed by atoms with Crippen LogP contribution in [0.5, 0.6) is 0 Å². The molecule has 1 heteroatoms. The first-order chi connectivity index (χ1) is 32.2. The van der Waals surface area contributed by atoms with E-state index in [1.165, 1.54) is 99.1 Å². The second kappa shape index (κ2) is 14.9. The SMILES string of the molecule is c1ccc(C2(c3ccccc3)c3ccccc3-c3ccc(-c4ccc5cc(-c6ccc(-c7cc(-c8ccc9c(ccc%10ccccc%109)c8)nc8ccccc78)cc6)ccc5c4)cc32)cc1. The van der Waals surface area contributed by atoms with E-state index in [1.807, 2.05) is 0 Å². The highest BCUT2D eigenvalue weighted by Crippen LogP contribution is 2.56. The first-order valence-electron chi connectivity index (χ1n) is 22.5. The number of rotatable bonds is 6. The van der Waals surface area contributed by atoms with Crippen molar-refractivity contribution in [3.05, 3.63) is 271 Å². The molecule has 0 amide bonds. The van der Waals surface area contributed by atoms with Crippen LogP contribution in [0.15, 0.2) is 249 Å². The van der Waals surface area contributed by atoms with E-state index in [-0.39, 0.29) is 0 Å². The van der Waals surface area contributed by atoms with Crippen molar-refractivity contribution in [3.63, 3.8) is 0 Å². The van der Waals surface area contributed by atoms with Crippen LogP contribution in [0, 0.1) is 0 Å². The van der Waals surface area contributed by atoms with Gasteiger partial charge in [-0.1, -0.05) is 212 Å². The van der Waals surface area contributed by atoms with E-state index in [9.17, 15) is 0 Å². The number of para-hydroxylation sites is 1. The maximum Gasteiger partial charge on any atom is 0.0716 e. The predicted molar refractivity (Wildman–Crippen MR) is 273 cm³/mol. The smallest absolute Gasteiger partial charge is 0.0716 e. The maximum atomic E-state index is 5.18. The molecule has 0 atom stereocenters. The van der Waals surface area contributed by atoms with Crippen molar-refractivity contribution < 1.29 is 0 Å². The number of hydrogen-bond acceptors (Lipinski definition) is 1. The Kier molecular flexibility index (Phi) is 8.51. The van der Waals surface area contributed by atoms with Crippen LogP contribution < -0.4 is 0 Å². The van der Waals surface area contributed by atoms with Crippen LogP contribution in [0.25, 0.3) is 99.0 Å². The van der Waals surface area contributed by atoms with Crippen LogP contribution in [-0.4, -0.2) is 4.98 Å². The van der Waals surface area contributed by atoms with Gasteiger partial charge in [0.05, 0.1) is 16.6 Å². The van der Waals surface area contributed by atoms with Crippen molar-refractivity contribution in [2.75, 3.05) is 0 Å². The molecule has 1 aromatic heterocycles. The molecule has 1 heterocycles. The molecule has 13 rings (SSSR count). The quantitative estimate of drug-likeness (QED) is 0.152. The summed E-state index contributed by atoms with van der Waals surface area (Å²) < 4.78 is 0. The molecule has 0 fully saturated rings. The molecule has 0 unspecified atom stereocenters. The zero-order chi connectivity index (χ0) is 42.9. The van der Waals surface area contributed by atoms with Gasteiger partial charge in [0.25, 0.3) is 0 Å². The summed E-state index contributed by atoms with van der Waals surface area (Å²) in [6, 6.07) is 91.5. The van der Waals surface area contributed by atoms with E-state index in [4.69, 9.17) is 4.98 Å². The largest absolute Gasteiger partial charge is 0.248 e. The highest BCUT2D eigenvalue weighted by molar-refractivity contribution is 6.08. The van der Waals surface area contributed by atoms with E-state index in [1.54, 1.807) is 0 Å². The summed E-state index contributed by atoms with van der Waals surface area (Å²) >= 11 is 0. The minimum atomic E-state index is -0.425. The average molecular weight is 824 g/mol. The third-order valence-corrected chi connectivity index (χ3v) is 13.9. The fourth-order valence-corrected chi connectivity index (χ4v) is 10.8. The summed E-state index contributed by atoms with van der Waals surface area (Å²) in [5, 5.41) is 8.61. The normalized spacial score (nSPS) is 12.7. The van der Waals surface area contributed by atoms with Crippen molar-refractivity contribution >= 4 is 43.2 Å². The van der Waals surface area contributed by atoms with E-state index in [0.29, 0.717) is 0 Å². The lowest BCUT2D eigenvalue weighted by molar-refractivity contribution is 0.769. The van der Waals surface area contributed by atoms with E-state index in [0.717, 1.165) is 22.2 Å². The van der Waals surface area contributed by atoms with Gasteiger partial charge in [-0.25, -0.2) is 4.98 Å². The van der Waals surface area contributed by atoms with Gasteiger partial charge in [0.2, 0.25) is 0 Å². The molecule has 0 bridgehead atoms. The molecule has 302 valence electrons. The summed E-state index contributed by atoms with van der Waals surface area (Å²) in [4.78, 5) is 5.18. The van der Waals surface area contributed by atoms with Crippen molar-refractivity contribution in [1.82, 2.24) is 4.98 Å². The Morgan fingerprint density at radius 2 is 0.769 bits per heavy atom. The molecule has 1 aliphatic carbocycles. The Bertz CT molecular complexity index is 3770. The van der Waals surface area contributed by atoms with Crippen molar-refractivity contribution in [2.45, 2.75) is 5.41 Å². The zero-order valence-corrected chi connectivity index (χ0v) is 35.6. The van der Waals surface area contributed by atoms with Crippen LogP contribution in [0.1, 0.15) is 22.3 Å². The van der Waals surface area contributed by atoms with Gasteiger partial charge < -0.3 is 0 Å². The second-order valence-electron chi connectivity index (χ2n) is 17.4. The highest BCUT2D eigenvalue weighted by Gasteiger charge is 2.46. The summed E-state index contributed by atoms with van der Waals surface area (Å²) in [5.74, 6) is 0. The monoisotopic (exact) mass is 823 g/mol. The molecule has 1 aliphatic rings. The van der Waals surface area contributed by atoms with E-state index in [2.05, 4.69) is 249 Å². The summed E-state index contributed by atoms with van der Waals surface area (Å²) in [6.45, 7) is 0. The van der Waals surface area contributed by atoms with Gasteiger partial charge >= 0.3 is 0 Å². The number of nitrogens with zero attached hydrogens (tertiary/aromatic N) is 1. The van der Waals surface area contributed by atoms with Gasteiger partial charge in [0.1, 0.15) is 0 Å². The molecule has 0 spiro atoms. The minimum absolute atomic E-state index is 0.425. The fourth-order valence-electron chi connectivity index (χ4n) is 10.8. The van der Waals surface area contributed by atoms with Gasteiger partial charge in [0.15, 0.2) is 0 Å². The lowest BCUT2D eigenvalue weighted by atomic mass is 9.67. The number of aromatic nitrogens is 1. The molecule has 0 saturated carbocycles. The van der Waals surface area contributed by atoms with Gasteiger partial charge in [-0.15, -0.1) is 0 Å². The Hall–Kier alpha value is -8.39. The molecule has 11 aromatic carbocycles. The van der Waals surface area contributed by atoms with E-state index < -0.39 is 5.41 Å². The van der Waals surface area contributed by atoms with Crippen molar-refractivity contribution in [3.8, 4) is 55.8 Å². The fraction of sp³-hybridized carbons (Fsp3) is 0.0156. The number of fused-ring (bicyclic) bond motifs is 8. The van der Waals surface area contributed by atoms with E-state index >= 15 is 0 Å². The predicted octanol–water partition coefficient (Wildman–Crippen LogP) is 16.7. The van der Waals surface area contributed by atoms with Gasteiger partial charge in [-0.05, 0) is 135 Å². The van der Waals surface area contributed by atoms with Gasteiger partial charge in [0, 0.05) is 10.9 Å². The summed E-state index contributed by atoms with van der Waals surface area (Å²) in [6.07, 6.45) is 0. The molecule has 65 heavy (non-hydrogen) atoms. The highest BCUT2D eigenvalue weighted by atomic mass is 14.7. The topological polar surface area (TPSA) is 12.9 Å². The molecular weight excluding hydrogens is 783 g/mol. The maximum absolute atomic E-state index is 5.18. The Balaban J connectivity index is 0.841. The lowest BCUT2D eigenvalue weighted by Gasteiger charge is -2.34. The van der Waals surface area contributed by atoms with Crippen LogP contribution in [-0.2, 0) is 5.41 Å². The van der Waals surface area contributed by atoms with Crippen LogP contribution >= 0.6 is 0 Å². The third-order valence-electron chi connectivity index (χ3n) is 13.9. The summed E-state index contributed by atoms with van der Waals surface area (Å²) in [7, 11) is 0. The zero-order valence-electron chi connectivity index (χ0n) is 35.6. The van der Waals surface area contributed by atoms with Crippen molar-refractivity contribution in [1.29, 1.82) is 0 Å². The molecule has 12 aromatic rings. The molecular formula is C64H41N. The molecule has 0 saturated heterocycles. The second-order valence-corrected chi connectivity index (χ2v) is 17.4. The van der Waals surface area contributed by atoms with Crippen LogP contribution in [0.4, 0.5) is 0 Å². The number of hydrogen-bond donors (Lipinski definition) is 0. The standard InChI is InChI=1S/C64H41N/c1-3-14-52(15-4-1)64(53-16-5-2-6-17-53)60-21-11-9-19-56(60)57-36-33-49(40-61(57)64)48-31-30-46-37-45(28-29-47(46)38-48)42-23-25-44(26-24-42)59-41-63(65-62-22-12-10-20-58(59)62)51-34-35-55-50(39-51)32-27-43-13-7-8-18-54(43)55/h1-41H. The molecule has 1 nitrogen and oxygen atoms in total. The summed E-state index contributed by atoms with van der Waals surface area (Å²) in [5.41, 5.74) is 17.7. The van der Waals surface area contributed by atoms with Crippen LogP contribution in [0.3, 0.4) is 0 Å². The molecule has 0 aliphatic heterocycles. The van der Waals surface area contributed by atoms with Gasteiger partial charge in [-0.2, -0.15) is 0 Å². The van der Waals surface area contributed by atoms with Crippen LogP contribution in [0.2, 0.25) is 0 Å². The average Bonchev–Trinajstić information content (AvgIpc) is 3.68. The van der Waals surface area contributed by atoms with Crippen molar-refractivity contribution in [2.24, 2.45) is 0 Å². The van der Waals surface area contributed by atoms with Gasteiger partial charge in [-0.3, -0.25) is 0 Å². The number of pyridine rings is 1. The third kappa shape index (κ3) is 5.97. The first kappa shape index (κ1) is 37.2. The molecule has 0 N–H and O–H groups in total. The lowest BCUT2D eigenvalue weighted by Crippen LogP contribution is -2.28. The molecule has 0 radical (unpaired) electrons. The Morgan fingerprint density at radius 3 is 1.54 bits per heavy atom.